The van der Waals surface area contributed by atoms with Gasteiger partial charge in [-0.2, -0.15) is 0 Å². The molecule has 33 heavy (non-hydrogen) atoms. The van der Waals surface area contributed by atoms with Crippen LogP contribution in [0.4, 0.5) is 5.69 Å². The highest BCUT2D eigenvalue weighted by molar-refractivity contribution is 6.09. The number of hydrogen-bond donors (Lipinski definition) is 2. The van der Waals surface area contributed by atoms with Crippen LogP contribution in [0.25, 0.3) is 0 Å². The number of carbonyl (C=O) groups is 2. The molecule has 0 bridgehead atoms. The standard InChI is InChI=1S/C27H32N4O2/c1-4-31(5-2)23(18-21-11-7-6-8-12-21)19-29-27(33)24-13-9-10-20(3)25(24)30-26(32)22-14-16-28-17-15-22/h6-17,23H,4-5,18-19H2,1-3H3,(H,29,33)(H,30,32). The number of pyridine rings is 1. The molecule has 1 aromatic heterocycles. The topological polar surface area (TPSA) is 74.3 Å². The van der Waals surface area contributed by atoms with Gasteiger partial charge in [0.1, 0.15) is 0 Å². The summed E-state index contributed by atoms with van der Waals surface area (Å²) >= 11 is 0. The number of hydrogen-bond acceptors (Lipinski definition) is 4. The van der Waals surface area contributed by atoms with Crippen LogP contribution in [0, 0.1) is 6.92 Å². The molecule has 0 aliphatic rings. The average molecular weight is 445 g/mol. The molecule has 0 aliphatic heterocycles. The molecule has 1 unspecified atom stereocenters. The quantitative estimate of drug-likeness (QED) is 0.488. The third kappa shape index (κ3) is 6.49. The molecule has 0 fully saturated rings. The number of carbonyl (C=O) groups excluding carboxylic acids is 2. The van der Waals surface area contributed by atoms with Crippen LogP contribution in [0.2, 0.25) is 0 Å². The number of benzene rings is 2. The van der Waals surface area contributed by atoms with Crippen molar-refractivity contribution in [2.24, 2.45) is 0 Å². The maximum atomic E-state index is 13.2. The Kier molecular flexibility index (Phi) is 8.72. The van der Waals surface area contributed by atoms with Gasteiger partial charge in [-0.3, -0.25) is 19.5 Å². The summed E-state index contributed by atoms with van der Waals surface area (Å²) < 4.78 is 0. The molecule has 0 radical (unpaired) electrons. The molecule has 0 aliphatic carbocycles. The van der Waals surface area contributed by atoms with Crippen LogP contribution in [0.15, 0.2) is 73.1 Å². The van der Waals surface area contributed by atoms with E-state index in [1.165, 1.54) is 5.56 Å². The maximum absolute atomic E-state index is 13.2. The highest BCUT2D eigenvalue weighted by Crippen LogP contribution is 2.22. The molecule has 6 nitrogen and oxygen atoms in total. The molecule has 1 atom stereocenters. The summed E-state index contributed by atoms with van der Waals surface area (Å²) in [6.45, 7) is 8.48. The van der Waals surface area contributed by atoms with Crippen molar-refractivity contribution in [1.82, 2.24) is 15.2 Å². The number of nitrogens with one attached hydrogen (secondary N) is 2. The number of aryl methyl sites for hydroxylation is 1. The molecule has 172 valence electrons. The van der Waals surface area contributed by atoms with Crippen molar-refractivity contribution in [1.29, 1.82) is 0 Å². The lowest BCUT2D eigenvalue weighted by atomic mass is 10.0. The zero-order valence-electron chi connectivity index (χ0n) is 19.5. The van der Waals surface area contributed by atoms with E-state index in [2.05, 4.69) is 46.5 Å². The van der Waals surface area contributed by atoms with Gasteiger partial charge >= 0.3 is 0 Å². The van der Waals surface area contributed by atoms with E-state index in [0.29, 0.717) is 23.4 Å². The molecule has 6 heteroatoms. The van der Waals surface area contributed by atoms with Crippen molar-refractivity contribution in [3.8, 4) is 0 Å². The second-order valence-electron chi connectivity index (χ2n) is 7.96. The van der Waals surface area contributed by atoms with Crippen LogP contribution in [0.5, 0.6) is 0 Å². The lowest BCUT2D eigenvalue weighted by Gasteiger charge is -2.30. The number of rotatable bonds is 10. The Morgan fingerprint density at radius 1 is 0.909 bits per heavy atom. The summed E-state index contributed by atoms with van der Waals surface area (Å²) in [4.78, 5) is 32.2. The van der Waals surface area contributed by atoms with Gasteiger partial charge in [0, 0.05) is 30.5 Å². The predicted molar refractivity (Wildman–Crippen MR) is 133 cm³/mol. The van der Waals surface area contributed by atoms with Crippen LogP contribution >= 0.6 is 0 Å². The summed E-state index contributed by atoms with van der Waals surface area (Å²) in [6, 6.07) is 19.2. The Hall–Kier alpha value is -3.51. The maximum Gasteiger partial charge on any atom is 0.255 e. The van der Waals surface area contributed by atoms with Crippen LogP contribution < -0.4 is 10.6 Å². The molecule has 0 saturated heterocycles. The number of aromatic nitrogens is 1. The van der Waals surface area contributed by atoms with Crippen molar-refractivity contribution in [2.75, 3.05) is 25.0 Å². The fraction of sp³-hybridized carbons (Fsp3) is 0.296. The van der Waals surface area contributed by atoms with Crippen molar-refractivity contribution >= 4 is 17.5 Å². The van der Waals surface area contributed by atoms with Crippen LogP contribution in [-0.4, -0.2) is 47.4 Å². The van der Waals surface area contributed by atoms with Crippen molar-refractivity contribution < 1.29 is 9.59 Å². The molecule has 1 heterocycles. The summed E-state index contributed by atoms with van der Waals surface area (Å²) in [5.41, 5.74) is 3.54. The van der Waals surface area contributed by atoms with Gasteiger partial charge in [-0.15, -0.1) is 0 Å². The lowest BCUT2D eigenvalue weighted by Crippen LogP contribution is -2.45. The monoisotopic (exact) mass is 444 g/mol. The van der Waals surface area contributed by atoms with Gasteiger partial charge in [-0.05, 0) is 55.8 Å². The molecular weight excluding hydrogens is 412 g/mol. The summed E-state index contributed by atoms with van der Waals surface area (Å²) in [6.07, 6.45) is 3.99. The van der Waals surface area contributed by atoms with Gasteiger partial charge in [0.2, 0.25) is 0 Å². The first kappa shape index (κ1) is 24.1. The molecule has 2 N–H and O–H groups in total. The largest absolute Gasteiger partial charge is 0.350 e. The number of nitrogens with zero attached hydrogens (tertiary/aromatic N) is 2. The fourth-order valence-corrected chi connectivity index (χ4v) is 3.97. The molecule has 0 saturated carbocycles. The minimum atomic E-state index is -0.272. The second-order valence-corrected chi connectivity index (χ2v) is 7.96. The van der Waals surface area contributed by atoms with Gasteiger partial charge in [0.05, 0.1) is 11.3 Å². The number of likely N-dealkylation sites (N-methyl/N-ethyl adjacent to an activating group) is 1. The van der Waals surface area contributed by atoms with Crippen molar-refractivity contribution in [2.45, 2.75) is 33.2 Å². The summed E-state index contributed by atoms with van der Waals surface area (Å²) in [5.74, 6) is -0.472. The van der Waals surface area contributed by atoms with Gasteiger partial charge in [-0.25, -0.2) is 0 Å². The fourth-order valence-electron chi connectivity index (χ4n) is 3.97. The Balaban J connectivity index is 1.75. The molecule has 0 spiro atoms. The highest BCUT2D eigenvalue weighted by Gasteiger charge is 2.20. The zero-order valence-corrected chi connectivity index (χ0v) is 19.5. The van der Waals surface area contributed by atoms with Gasteiger partial charge < -0.3 is 10.6 Å². The Labute approximate surface area is 196 Å². The second kappa shape index (κ2) is 11.9. The van der Waals surface area contributed by atoms with E-state index in [4.69, 9.17) is 0 Å². The van der Waals surface area contributed by atoms with Gasteiger partial charge in [0.25, 0.3) is 11.8 Å². The van der Waals surface area contributed by atoms with Crippen molar-refractivity contribution in [3.05, 3.63) is 95.3 Å². The molecule has 2 amide bonds. The van der Waals surface area contributed by atoms with E-state index >= 15 is 0 Å². The van der Waals surface area contributed by atoms with Crippen molar-refractivity contribution in [3.63, 3.8) is 0 Å². The number of amides is 2. The van der Waals surface area contributed by atoms with Gasteiger partial charge in [0.15, 0.2) is 0 Å². The first-order chi connectivity index (χ1) is 16.0. The predicted octanol–water partition coefficient (Wildman–Crippen LogP) is 4.33. The van der Waals surface area contributed by atoms with Crippen LogP contribution in [0.1, 0.15) is 45.7 Å². The molecular formula is C27H32N4O2. The van der Waals surface area contributed by atoms with Crippen LogP contribution in [0.3, 0.4) is 0 Å². The van der Waals surface area contributed by atoms with E-state index in [9.17, 15) is 9.59 Å². The molecule has 2 aromatic carbocycles. The van der Waals surface area contributed by atoms with Gasteiger partial charge in [-0.1, -0.05) is 56.3 Å². The SMILES string of the molecule is CCN(CC)C(CNC(=O)c1cccc(C)c1NC(=O)c1ccncc1)Cc1ccccc1. The third-order valence-corrected chi connectivity index (χ3v) is 5.84. The summed E-state index contributed by atoms with van der Waals surface area (Å²) in [7, 11) is 0. The summed E-state index contributed by atoms with van der Waals surface area (Å²) in [5, 5.41) is 6.02. The Morgan fingerprint density at radius 3 is 2.27 bits per heavy atom. The zero-order chi connectivity index (χ0) is 23.6. The minimum Gasteiger partial charge on any atom is -0.350 e. The van der Waals surface area contributed by atoms with Crippen LogP contribution in [-0.2, 0) is 6.42 Å². The smallest absolute Gasteiger partial charge is 0.255 e. The van der Waals surface area contributed by atoms with E-state index in [-0.39, 0.29) is 17.9 Å². The highest BCUT2D eigenvalue weighted by atomic mass is 16.2. The Morgan fingerprint density at radius 2 is 1.61 bits per heavy atom. The first-order valence-corrected chi connectivity index (χ1v) is 11.4. The normalized spacial score (nSPS) is 11.8. The molecule has 3 rings (SSSR count). The molecule has 3 aromatic rings. The van der Waals surface area contributed by atoms with E-state index in [0.717, 1.165) is 25.1 Å². The van der Waals surface area contributed by atoms with E-state index in [1.54, 1.807) is 30.6 Å². The third-order valence-electron chi connectivity index (χ3n) is 5.84. The Bertz CT molecular complexity index is 1050. The number of anilines is 1. The number of para-hydroxylation sites is 1. The average Bonchev–Trinajstić information content (AvgIpc) is 2.85. The van der Waals surface area contributed by atoms with E-state index < -0.39 is 0 Å². The van der Waals surface area contributed by atoms with E-state index in [1.807, 2.05) is 37.3 Å². The first-order valence-electron chi connectivity index (χ1n) is 11.4. The lowest BCUT2D eigenvalue weighted by molar-refractivity contribution is 0.0935. The minimum absolute atomic E-state index is 0.172.